The number of carbonyl (C=O) groups is 1. The Morgan fingerprint density at radius 2 is 1.86 bits per heavy atom. The molecule has 4 aromatic rings. The molecule has 1 N–H and O–H groups in total. The van der Waals surface area contributed by atoms with E-state index in [0.717, 1.165) is 16.9 Å². The van der Waals surface area contributed by atoms with Gasteiger partial charge in [-0.15, -0.1) is 11.3 Å². The molecule has 2 heterocycles. The number of rotatable bonds is 4. The molecule has 7 heteroatoms. The second-order valence-electron chi connectivity index (χ2n) is 6.19. The lowest BCUT2D eigenvalue weighted by atomic mass is 10.2. The van der Waals surface area contributed by atoms with E-state index in [2.05, 4.69) is 9.97 Å². The van der Waals surface area contributed by atoms with Gasteiger partial charge >= 0.3 is 5.97 Å². The number of carbonyl (C=O) groups excluding carboxylic acids is 1. The molecule has 0 atom stereocenters. The Morgan fingerprint density at radius 3 is 2.61 bits per heavy atom. The Hall–Kier alpha value is -2.96. The zero-order chi connectivity index (χ0) is 19.7. The summed E-state index contributed by atoms with van der Waals surface area (Å²) in [5.74, 6) is -0.100. The Bertz CT molecular complexity index is 1230. The van der Waals surface area contributed by atoms with Crippen molar-refractivity contribution in [1.82, 2.24) is 9.97 Å². The second-order valence-corrected chi connectivity index (χ2v) is 7.60. The zero-order valence-corrected chi connectivity index (χ0v) is 16.4. The van der Waals surface area contributed by atoms with E-state index in [1.54, 1.807) is 25.1 Å². The first-order valence-corrected chi connectivity index (χ1v) is 9.73. The molecule has 4 rings (SSSR count). The number of halogens is 1. The lowest BCUT2D eigenvalue weighted by Gasteiger charge is -2.04. The highest BCUT2D eigenvalue weighted by Crippen LogP contribution is 2.31. The smallest absolute Gasteiger partial charge is 0.349 e. The van der Waals surface area contributed by atoms with Crippen molar-refractivity contribution in [3.8, 4) is 11.4 Å². The topological polar surface area (TPSA) is 72.0 Å². The zero-order valence-electron chi connectivity index (χ0n) is 14.9. The molecule has 140 valence electrons. The van der Waals surface area contributed by atoms with Crippen LogP contribution in [0.25, 0.3) is 21.6 Å². The molecule has 0 unspecified atom stereocenters. The summed E-state index contributed by atoms with van der Waals surface area (Å²) >= 11 is 7.36. The minimum absolute atomic E-state index is 0.169. The molecular formula is C21H15ClN2O3S. The van der Waals surface area contributed by atoms with Crippen molar-refractivity contribution < 1.29 is 9.53 Å². The van der Waals surface area contributed by atoms with E-state index in [4.69, 9.17) is 16.3 Å². The highest BCUT2D eigenvalue weighted by atomic mass is 35.5. The first-order chi connectivity index (χ1) is 13.5. The number of H-pyrrole nitrogens is 1. The van der Waals surface area contributed by atoms with Crippen molar-refractivity contribution in [3.63, 3.8) is 0 Å². The van der Waals surface area contributed by atoms with Gasteiger partial charge in [-0.3, -0.25) is 4.79 Å². The summed E-state index contributed by atoms with van der Waals surface area (Å²) in [6.45, 7) is 1.89. The van der Waals surface area contributed by atoms with Crippen LogP contribution < -0.4 is 5.56 Å². The Balaban J connectivity index is 1.70. The summed E-state index contributed by atoms with van der Waals surface area (Å²) in [7, 11) is 0. The molecule has 2 aromatic heterocycles. The SMILES string of the molecule is Cc1c(C(=O)OCc2ccccc2)sc2nc(-c3ccccc3Cl)[nH]c(=O)c12. The van der Waals surface area contributed by atoms with Gasteiger partial charge in [0.15, 0.2) is 0 Å². The number of nitrogens with one attached hydrogen (secondary N) is 1. The van der Waals surface area contributed by atoms with Crippen LogP contribution >= 0.6 is 22.9 Å². The van der Waals surface area contributed by atoms with Crippen molar-refractivity contribution >= 4 is 39.1 Å². The van der Waals surface area contributed by atoms with Crippen LogP contribution in [0, 0.1) is 6.92 Å². The average molecular weight is 411 g/mol. The standard InChI is InChI=1S/C21H15ClN2O3S/c1-12-16-19(25)23-18(14-9-5-6-10-15(14)22)24-20(16)28-17(12)21(26)27-11-13-7-3-2-4-8-13/h2-10H,11H2,1H3,(H,23,24,25). The number of ether oxygens (including phenoxy) is 1. The molecule has 0 aliphatic rings. The third-order valence-electron chi connectivity index (χ3n) is 4.33. The number of aromatic nitrogens is 2. The van der Waals surface area contributed by atoms with Gasteiger partial charge in [0, 0.05) is 5.56 Å². The van der Waals surface area contributed by atoms with Crippen molar-refractivity contribution in [2.24, 2.45) is 0 Å². The van der Waals surface area contributed by atoms with Gasteiger partial charge in [-0.2, -0.15) is 0 Å². The summed E-state index contributed by atoms with van der Waals surface area (Å²) in [5.41, 5.74) is 1.78. The number of nitrogens with zero attached hydrogens (tertiary/aromatic N) is 1. The van der Waals surface area contributed by atoms with Crippen molar-refractivity contribution in [3.05, 3.63) is 86.0 Å². The van der Waals surface area contributed by atoms with Crippen molar-refractivity contribution in [1.29, 1.82) is 0 Å². The number of aryl methyl sites for hydroxylation is 1. The molecule has 0 saturated heterocycles. The normalized spacial score (nSPS) is 10.9. The molecule has 2 aromatic carbocycles. The molecule has 0 aliphatic carbocycles. The predicted molar refractivity (Wildman–Crippen MR) is 111 cm³/mol. The van der Waals surface area contributed by atoms with E-state index in [1.165, 1.54) is 0 Å². The fourth-order valence-electron chi connectivity index (χ4n) is 2.91. The molecule has 0 bridgehead atoms. The Labute approximate surface area is 169 Å². The number of esters is 1. The van der Waals surface area contributed by atoms with Crippen molar-refractivity contribution in [2.75, 3.05) is 0 Å². The maximum absolute atomic E-state index is 12.6. The lowest BCUT2D eigenvalue weighted by Crippen LogP contribution is -2.10. The number of benzene rings is 2. The number of hydrogen-bond donors (Lipinski definition) is 1. The maximum Gasteiger partial charge on any atom is 0.349 e. The highest BCUT2D eigenvalue weighted by molar-refractivity contribution is 7.20. The largest absolute Gasteiger partial charge is 0.457 e. The predicted octanol–water partition coefficient (Wildman–Crippen LogP) is 4.97. The van der Waals surface area contributed by atoms with E-state index in [1.807, 2.05) is 36.4 Å². The van der Waals surface area contributed by atoms with Crippen LogP contribution in [0.3, 0.4) is 0 Å². The van der Waals surface area contributed by atoms with Gasteiger partial charge in [0.2, 0.25) is 0 Å². The van der Waals surface area contributed by atoms with Gasteiger partial charge < -0.3 is 9.72 Å². The van der Waals surface area contributed by atoms with Crippen LogP contribution in [0.15, 0.2) is 59.4 Å². The third-order valence-corrected chi connectivity index (χ3v) is 5.82. The maximum atomic E-state index is 12.6. The van der Waals surface area contributed by atoms with Gasteiger partial charge in [0.05, 0.1) is 10.4 Å². The molecule has 28 heavy (non-hydrogen) atoms. The molecule has 0 spiro atoms. The third kappa shape index (κ3) is 3.44. The van der Waals surface area contributed by atoms with E-state index in [0.29, 0.717) is 37.1 Å². The van der Waals surface area contributed by atoms with Gasteiger partial charge in [0.25, 0.3) is 5.56 Å². The highest BCUT2D eigenvalue weighted by Gasteiger charge is 2.21. The quantitative estimate of drug-likeness (QED) is 0.482. The van der Waals surface area contributed by atoms with E-state index in [9.17, 15) is 9.59 Å². The van der Waals surface area contributed by atoms with Gasteiger partial charge in [-0.05, 0) is 30.2 Å². The molecule has 0 saturated carbocycles. The summed E-state index contributed by atoms with van der Waals surface area (Å²) < 4.78 is 5.41. The van der Waals surface area contributed by atoms with Crippen LogP contribution in [0.1, 0.15) is 20.8 Å². The van der Waals surface area contributed by atoms with Gasteiger partial charge in [0.1, 0.15) is 22.1 Å². The first kappa shape index (κ1) is 18.4. The minimum atomic E-state index is -0.469. The van der Waals surface area contributed by atoms with Crippen LogP contribution in [0.4, 0.5) is 0 Å². The number of hydrogen-bond acceptors (Lipinski definition) is 5. The van der Waals surface area contributed by atoms with E-state index < -0.39 is 5.97 Å². The van der Waals surface area contributed by atoms with Crippen molar-refractivity contribution in [2.45, 2.75) is 13.5 Å². The summed E-state index contributed by atoms with van der Waals surface area (Å²) in [4.78, 5) is 33.3. The second kappa shape index (κ2) is 7.58. The molecule has 0 aliphatic heterocycles. The van der Waals surface area contributed by atoms with E-state index >= 15 is 0 Å². The number of aromatic amines is 1. The Kier molecular flexibility index (Phi) is 4.98. The fraction of sp³-hybridized carbons (Fsp3) is 0.0952. The van der Waals surface area contributed by atoms with Crippen LogP contribution in [0.5, 0.6) is 0 Å². The lowest BCUT2D eigenvalue weighted by molar-refractivity contribution is 0.0478. The monoisotopic (exact) mass is 410 g/mol. The van der Waals surface area contributed by atoms with Gasteiger partial charge in [-0.1, -0.05) is 54.1 Å². The summed E-state index contributed by atoms with van der Waals surface area (Å²) in [6, 6.07) is 16.6. The molecular weight excluding hydrogens is 396 g/mol. The molecule has 0 radical (unpaired) electrons. The van der Waals surface area contributed by atoms with Crippen LogP contribution in [0.2, 0.25) is 5.02 Å². The minimum Gasteiger partial charge on any atom is -0.457 e. The number of thiophene rings is 1. The van der Waals surface area contributed by atoms with Crippen LogP contribution in [-0.4, -0.2) is 15.9 Å². The van der Waals surface area contributed by atoms with E-state index in [-0.39, 0.29) is 12.2 Å². The fourth-order valence-corrected chi connectivity index (χ4v) is 4.21. The average Bonchev–Trinajstić information content (AvgIpc) is 3.04. The summed E-state index contributed by atoms with van der Waals surface area (Å²) in [6.07, 6.45) is 0. The first-order valence-electron chi connectivity index (χ1n) is 8.54. The molecule has 0 fully saturated rings. The van der Waals surface area contributed by atoms with Crippen LogP contribution in [-0.2, 0) is 11.3 Å². The Morgan fingerprint density at radius 1 is 1.14 bits per heavy atom. The molecule has 0 amide bonds. The number of fused-ring (bicyclic) bond motifs is 1. The molecule has 5 nitrogen and oxygen atoms in total. The summed E-state index contributed by atoms with van der Waals surface area (Å²) in [5, 5.41) is 0.883. The van der Waals surface area contributed by atoms with Gasteiger partial charge in [-0.25, -0.2) is 9.78 Å².